The van der Waals surface area contributed by atoms with Gasteiger partial charge in [-0.05, 0) is 30.4 Å². The second-order valence-electron chi connectivity index (χ2n) is 10.9. The summed E-state index contributed by atoms with van der Waals surface area (Å²) in [6.45, 7) is 1.63. The number of carbonyl (C=O) groups excluding carboxylic acids is 1. The van der Waals surface area contributed by atoms with E-state index in [2.05, 4.69) is 43.9 Å². The van der Waals surface area contributed by atoms with Crippen molar-refractivity contribution in [3.05, 3.63) is 60.3 Å². The first-order chi connectivity index (χ1) is 19.5. The minimum Gasteiger partial charge on any atom is -0.346 e. The van der Waals surface area contributed by atoms with E-state index >= 15 is 0 Å². The fourth-order valence-corrected chi connectivity index (χ4v) is 5.82. The van der Waals surface area contributed by atoms with E-state index in [1.54, 1.807) is 12.4 Å². The zero-order chi connectivity index (χ0) is 29.0. The maximum Gasteiger partial charge on any atom is 0.436 e. The van der Waals surface area contributed by atoms with Crippen molar-refractivity contribution in [3.63, 3.8) is 0 Å². The van der Waals surface area contributed by atoms with Crippen LogP contribution in [0, 0.1) is 17.1 Å². The van der Waals surface area contributed by atoms with Gasteiger partial charge in [0.05, 0.1) is 29.9 Å². The summed E-state index contributed by atoms with van der Waals surface area (Å²) < 4.78 is 55.6. The Balaban J connectivity index is 1.15. The maximum atomic E-state index is 14.5. The van der Waals surface area contributed by atoms with Gasteiger partial charge in [0.25, 0.3) is 5.91 Å². The Kier molecular flexibility index (Phi) is 6.33. The molecule has 6 heterocycles. The van der Waals surface area contributed by atoms with Gasteiger partial charge in [0, 0.05) is 55.7 Å². The van der Waals surface area contributed by atoms with E-state index in [9.17, 15) is 27.6 Å². The number of halogens is 4. The van der Waals surface area contributed by atoms with Crippen molar-refractivity contribution in [2.75, 3.05) is 26.2 Å². The number of likely N-dealkylation sites (tertiary alicyclic amines) is 2. The first-order valence-electron chi connectivity index (χ1n) is 13.0. The molecular weight excluding hydrogens is 541 g/mol. The van der Waals surface area contributed by atoms with Gasteiger partial charge in [-0.15, -0.1) is 0 Å². The van der Waals surface area contributed by atoms with Crippen LogP contribution in [0.1, 0.15) is 35.3 Å². The van der Waals surface area contributed by atoms with Gasteiger partial charge in [-0.1, -0.05) is 0 Å². The number of rotatable bonds is 5. The first-order valence-corrected chi connectivity index (χ1v) is 13.0. The predicted molar refractivity (Wildman–Crippen MR) is 140 cm³/mol. The average molecular weight is 565 g/mol. The zero-order valence-corrected chi connectivity index (χ0v) is 22.0. The van der Waals surface area contributed by atoms with Gasteiger partial charge in [0.1, 0.15) is 25.4 Å². The van der Waals surface area contributed by atoms with Crippen LogP contribution in [-0.2, 0) is 11.7 Å². The quantitative estimate of drug-likeness (QED) is 0.292. The van der Waals surface area contributed by atoms with Crippen LogP contribution in [0.25, 0.3) is 22.3 Å². The Bertz CT molecular complexity index is 1660. The summed E-state index contributed by atoms with van der Waals surface area (Å²) in [4.78, 5) is 31.4. The third kappa shape index (κ3) is 4.52. The fraction of sp³-hybridized carbons (Fsp3) is 0.385. The molecule has 1 amide bonds. The number of carbonyl (C=O) groups is 1. The topological polar surface area (TPSA) is 120 Å². The number of aromatic amines is 1. The monoisotopic (exact) mass is 565 g/mol. The summed E-state index contributed by atoms with van der Waals surface area (Å²) in [5, 5.41) is 15.1. The lowest BCUT2D eigenvalue weighted by molar-refractivity contribution is -0.143. The number of piperidine rings is 1. The Hall–Kier alpha value is -4.32. The third-order valence-electron chi connectivity index (χ3n) is 8.35. The van der Waals surface area contributed by atoms with Crippen LogP contribution < -0.4 is 0 Å². The van der Waals surface area contributed by atoms with Gasteiger partial charge in [0.15, 0.2) is 11.5 Å². The number of hydrogen-bond acceptors (Lipinski definition) is 7. The summed E-state index contributed by atoms with van der Waals surface area (Å²) in [7, 11) is 2.07. The number of nitrogens with zero attached hydrogens (tertiary/aromatic N) is 8. The average Bonchev–Trinajstić information content (AvgIpc) is 3.60. The SMILES string of the molecule is BC1(N2CC(CC#N)(n3cc(-c4ncnc5[nH]ccc45)cn3)C2)CCN(C(=O)c2ccnc(C(F)(F)F)c2F)CC1. The number of fused-ring (bicyclic) bond motifs is 1. The highest BCUT2D eigenvalue weighted by Crippen LogP contribution is 2.41. The highest BCUT2D eigenvalue weighted by Gasteiger charge is 2.52. The summed E-state index contributed by atoms with van der Waals surface area (Å²) >= 11 is 0. The van der Waals surface area contributed by atoms with Crippen molar-refractivity contribution in [2.45, 2.75) is 36.4 Å². The van der Waals surface area contributed by atoms with Gasteiger partial charge < -0.3 is 14.8 Å². The van der Waals surface area contributed by atoms with Crippen LogP contribution in [0.5, 0.6) is 0 Å². The van der Waals surface area contributed by atoms with E-state index in [1.807, 2.05) is 16.9 Å². The normalized spacial score (nSPS) is 18.7. The second kappa shape index (κ2) is 9.65. The summed E-state index contributed by atoms with van der Waals surface area (Å²) in [6.07, 6.45) is 4.03. The molecule has 210 valence electrons. The van der Waals surface area contributed by atoms with Crippen LogP contribution in [0.15, 0.2) is 43.2 Å². The van der Waals surface area contributed by atoms with Crippen molar-refractivity contribution in [2.24, 2.45) is 0 Å². The van der Waals surface area contributed by atoms with E-state index in [0.717, 1.165) is 34.6 Å². The standard InChI is InChI=1S/C26H24BF4N9O/c27-25(4-9-38(10-5-25)23(41)17-1-7-33-21(19(17)28)26(29,30)31)39-13-24(14-39,3-6-32)40-12-16(11-37-40)20-18-2-8-34-22(18)36-15-35-20/h1-2,7-8,11-12,15H,3-5,9-10,13-14,27H2,(H,34,35,36). The molecule has 2 aliphatic heterocycles. The van der Waals surface area contributed by atoms with Gasteiger partial charge in [0.2, 0.25) is 0 Å². The number of nitriles is 1. The van der Waals surface area contributed by atoms with Crippen LogP contribution >= 0.6 is 0 Å². The van der Waals surface area contributed by atoms with Gasteiger partial charge in [-0.3, -0.25) is 9.48 Å². The first kappa shape index (κ1) is 26.9. The van der Waals surface area contributed by atoms with Crippen molar-refractivity contribution in [1.29, 1.82) is 5.26 Å². The van der Waals surface area contributed by atoms with E-state index in [1.165, 1.54) is 11.2 Å². The minimum absolute atomic E-state index is 0.248. The molecule has 2 fully saturated rings. The molecule has 0 saturated carbocycles. The number of pyridine rings is 1. The van der Waals surface area contributed by atoms with E-state index in [4.69, 9.17) is 0 Å². The number of aromatic nitrogens is 6. The molecule has 41 heavy (non-hydrogen) atoms. The molecule has 10 nitrogen and oxygen atoms in total. The lowest BCUT2D eigenvalue weighted by atomic mass is 9.65. The van der Waals surface area contributed by atoms with Crippen molar-refractivity contribution >= 4 is 24.8 Å². The molecule has 0 spiro atoms. The van der Waals surface area contributed by atoms with Crippen LogP contribution in [0.3, 0.4) is 0 Å². The Morgan fingerprint density at radius 2 is 1.93 bits per heavy atom. The summed E-state index contributed by atoms with van der Waals surface area (Å²) in [6, 6.07) is 5.16. The van der Waals surface area contributed by atoms with Gasteiger partial charge in [-0.2, -0.15) is 23.5 Å². The Morgan fingerprint density at radius 1 is 1.17 bits per heavy atom. The molecule has 1 N–H and O–H groups in total. The second-order valence-corrected chi connectivity index (χ2v) is 10.9. The number of hydrogen-bond donors (Lipinski definition) is 1. The molecular formula is C26H24BF4N9O. The highest BCUT2D eigenvalue weighted by molar-refractivity contribution is 6.15. The molecule has 0 atom stereocenters. The van der Waals surface area contributed by atoms with Crippen LogP contribution in [-0.4, -0.2) is 84.9 Å². The molecule has 15 heteroatoms. The number of H-pyrrole nitrogens is 1. The molecule has 0 unspecified atom stereocenters. The lowest BCUT2D eigenvalue weighted by Crippen LogP contribution is -2.71. The molecule has 0 radical (unpaired) electrons. The Labute approximate surface area is 232 Å². The molecule has 0 aromatic carbocycles. The van der Waals surface area contributed by atoms with Crippen molar-refractivity contribution < 1.29 is 22.4 Å². The molecule has 4 aromatic rings. The predicted octanol–water partition coefficient (Wildman–Crippen LogP) is 2.56. The van der Waals surface area contributed by atoms with E-state index < -0.39 is 34.7 Å². The molecule has 6 rings (SSSR count). The number of amides is 1. The maximum absolute atomic E-state index is 14.5. The van der Waals surface area contributed by atoms with E-state index in [0.29, 0.717) is 25.9 Å². The largest absolute Gasteiger partial charge is 0.436 e. The molecule has 2 saturated heterocycles. The highest BCUT2D eigenvalue weighted by atomic mass is 19.4. The van der Waals surface area contributed by atoms with Crippen molar-refractivity contribution in [1.82, 2.24) is 39.5 Å². The van der Waals surface area contributed by atoms with Crippen LogP contribution in [0.4, 0.5) is 17.6 Å². The van der Waals surface area contributed by atoms with Crippen LogP contribution in [0.2, 0.25) is 0 Å². The van der Waals surface area contributed by atoms with E-state index in [-0.39, 0.29) is 24.9 Å². The minimum atomic E-state index is -4.99. The summed E-state index contributed by atoms with van der Waals surface area (Å²) in [5.41, 5.74) is -0.924. The van der Waals surface area contributed by atoms with Crippen molar-refractivity contribution in [3.8, 4) is 17.3 Å². The molecule has 0 bridgehead atoms. The lowest BCUT2D eigenvalue weighted by Gasteiger charge is -2.58. The number of alkyl halides is 3. The number of nitrogens with one attached hydrogen (secondary N) is 1. The fourth-order valence-electron chi connectivity index (χ4n) is 5.82. The van der Waals surface area contributed by atoms with Gasteiger partial charge in [-0.25, -0.2) is 19.3 Å². The molecule has 0 aliphatic carbocycles. The molecule has 4 aromatic heterocycles. The smallest absolute Gasteiger partial charge is 0.346 e. The Morgan fingerprint density at radius 3 is 2.63 bits per heavy atom. The molecule has 2 aliphatic rings. The third-order valence-corrected chi connectivity index (χ3v) is 8.35. The zero-order valence-electron chi connectivity index (χ0n) is 22.0. The van der Waals surface area contributed by atoms with Gasteiger partial charge >= 0.3 is 6.18 Å². The summed E-state index contributed by atoms with van der Waals surface area (Å²) in [5.74, 6) is -2.44.